The van der Waals surface area contributed by atoms with Crippen LogP contribution in [0.1, 0.15) is 11.1 Å². The summed E-state index contributed by atoms with van der Waals surface area (Å²) in [5, 5.41) is 9.77. The number of hydrogen-bond acceptors (Lipinski definition) is 3. The van der Waals surface area contributed by atoms with E-state index in [0.717, 1.165) is 5.56 Å². The average Bonchev–Trinajstić information content (AvgIpc) is 2.54. The number of carbonyl (C=O) groups is 1. The van der Waals surface area contributed by atoms with E-state index in [1.54, 1.807) is 42.5 Å². The second kappa shape index (κ2) is 7.68. The summed E-state index contributed by atoms with van der Waals surface area (Å²) in [4.78, 5) is 11.0. The van der Waals surface area contributed by atoms with E-state index in [1.165, 1.54) is 6.08 Å². The minimum absolute atomic E-state index is 0.102. The topological polar surface area (TPSA) is 76.1 Å². The minimum Gasteiger partial charge on any atom is -0.489 e. The van der Waals surface area contributed by atoms with E-state index in [2.05, 4.69) is 0 Å². The fourth-order valence-corrected chi connectivity index (χ4v) is 2.10. The van der Waals surface area contributed by atoms with E-state index in [4.69, 9.17) is 38.9 Å². The number of carbonyl (C=O) groups excluding carboxylic acids is 1. The first-order valence-corrected chi connectivity index (χ1v) is 7.33. The Hall–Kier alpha value is -2.48. The smallest absolute Gasteiger partial charge is 0.259 e. The Morgan fingerprint density at radius 2 is 1.87 bits per heavy atom. The van der Waals surface area contributed by atoms with Crippen LogP contribution in [0.2, 0.25) is 10.0 Å². The maximum Gasteiger partial charge on any atom is 0.259 e. The van der Waals surface area contributed by atoms with Crippen LogP contribution in [0.15, 0.2) is 48.0 Å². The van der Waals surface area contributed by atoms with Crippen LogP contribution in [0, 0.1) is 11.3 Å². The number of benzene rings is 2. The summed E-state index contributed by atoms with van der Waals surface area (Å²) in [6.45, 7) is 0.344. The Kier molecular flexibility index (Phi) is 5.64. The monoisotopic (exact) mass is 346 g/mol. The number of ether oxygens (including phenoxy) is 1. The zero-order chi connectivity index (χ0) is 16.8. The van der Waals surface area contributed by atoms with E-state index in [-0.39, 0.29) is 5.57 Å². The molecule has 2 aromatic rings. The van der Waals surface area contributed by atoms with Gasteiger partial charge >= 0.3 is 0 Å². The molecule has 116 valence electrons. The Morgan fingerprint density at radius 3 is 2.43 bits per heavy atom. The standard InChI is InChI=1S/C17H12Cl2N2O2/c18-15-6-3-12(8-16(15)19)10-23-14-4-1-11(2-5-14)7-13(9-20)17(21)22/h1-8H,10H2,(H2,21,22)/b13-7+. The summed E-state index contributed by atoms with van der Waals surface area (Å²) in [6.07, 6.45) is 1.42. The van der Waals surface area contributed by atoms with E-state index in [1.807, 2.05) is 6.07 Å². The molecule has 0 heterocycles. The van der Waals surface area contributed by atoms with Crippen molar-refractivity contribution in [1.29, 1.82) is 5.26 Å². The zero-order valence-electron chi connectivity index (χ0n) is 11.9. The van der Waals surface area contributed by atoms with Crippen molar-refractivity contribution in [3.8, 4) is 11.8 Å². The molecule has 2 aromatic carbocycles. The van der Waals surface area contributed by atoms with Gasteiger partial charge in [-0.25, -0.2) is 0 Å². The first kappa shape index (κ1) is 16.9. The van der Waals surface area contributed by atoms with Gasteiger partial charge in [0.1, 0.15) is 24.0 Å². The first-order valence-electron chi connectivity index (χ1n) is 6.58. The molecule has 2 rings (SSSR count). The van der Waals surface area contributed by atoms with Crippen molar-refractivity contribution in [3.05, 3.63) is 69.2 Å². The van der Waals surface area contributed by atoms with E-state index in [9.17, 15) is 4.79 Å². The van der Waals surface area contributed by atoms with Crippen LogP contribution < -0.4 is 10.5 Å². The molecule has 0 spiro atoms. The number of amides is 1. The Labute approximate surface area is 143 Å². The van der Waals surface area contributed by atoms with Crippen molar-refractivity contribution in [1.82, 2.24) is 0 Å². The maximum atomic E-state index is 11.0. The lowest BCUT2D eigenvalue weighted by molar-refractivity contribution is -0.114. The number of nitrogens with two attached hydrogens (primary N) is 1. The summed E-state index contributed by atoms with van der Waals surface area (Å²) in [5.74, 6) is -0.113. The molecule has 0 saturated heterocycles. The highest BCUT2D eigenvalue weighted by atomic mass is 35.5. The number of nitrogens with zero attached hydrogens (tertiary/aromatic N) is 1. The summed E-state index contributed by atoms with van der Waals surface area (Å²) < 4.78 is 5.64. The van der Waals surface area contributed by atoms with Gasteiger partial charge in [-0.15, -0.1) is 0 Å². The number of halogens is 2. The van der Waals surface area contributed by atoms with Crippen LogP contribution in [-0.4, -0.2) is 5.91 Å². The quantitative estimate of drug-likeness (QED) is 0.657. The van der Waals surface area contributed by atoms with Crippen molar-refractivity contribution in [2.75, 3.05) is 0 Å². The van der Waals surface area contributed by atoms with Crippen LogP contribution in [0.5, 0.6) is 5.75 Å². The van der Waals surface area contributed by atoms with Gasteiger partial charge in [0.2, 0.25) is 0 Å². The molecule has 0 radical (unpaired) electrons. The molecule has 0 aliphatic carbocycles. The van der Waals surface area contributed by atoms with Crippen LogP contribution in [-0.2, 0) is 11.4 Å². The third-order valence-electron chi connectivity index (χ3n) is 2.97. The number of nitriles is 1. The second-order valence-electron chi connectivity index (χ2n) is 4.64. The van der Waals surface area contributed by atoms with Crippen molar-refractivity contribution in [2.45, 2.75) is 6.61 Å². The van der Waals surface area contributed by atoms with Crippen LogP contribution in [0.3, 0.4) is 0 Å². The predicted molar refractivity (Wildman–Crippen MR) is 90.0 cm³/mol. The van der Waals surface area contributed by atoms with Gasteiger partial charge in [0.05, 0.1) is 10.0 Å². The molecule has 23 heavy (non-hydrogen) atoms. The Bertz CT molecular complexity index is 793. The lowest BCUT2D eigenvalue weighted by Gasteiger charge is -2.07. The normalized spacial score (nSPS) is 10.9. The molecule has 0 aromatic heterocycles. The molecule has 0 bridgehead atoms. The highest BCUT2D eigenvalue weighted by Gasteiger charge is 2.04. The number of primary amides is 1. The highest BCUT2D eigenvalue weighted by Crippen LogP contribution is 2.23. The Morgan fingerprint density at radius 1 is 1.17 bits per heavy atom. The molecule has 0 aliphatic rings. The summed E-state index contributed by atoms with van der Waals surface area (Å²) in [7, 11) is 0. The van der Waals surface area contributed by atoms with Gasteiger partial charge in [-0.3, -0.25) is 4.79 Å². The lowest BCUT2D eigenvalue weighted by atomic mass is 10.1. The van der Waals surface area contributed by atoms with Gasteiger partial charge in [-0.1, -0.05) is 41.4 Å². The molecular weight excluding hydrogens is 335 g/mol. The molecule has 0 saturated carbocycles. The fourth-order valence-electron chi connectivity index (χ4n) is 1.78. The molecular formula is C17H12Cl2N2O2. The second-order valence-corrected chi connectivity index (χ2v) is 5.45. The zero-order valence-corrected chi connectivity index (χ0v) is 13.4. The third-order valence-corrected chi connectivity index (χ3v) is 3.71. The number of hydrogen-bond donors (Lipinski definition) is 1. The van der Waals surface area contributed by atoms with Crippen molar-refractivity contribution < 1.29 is 9.53 Å². The molecule has 4 nitrogen and oxygen atoms in total. The average molecular weight is 347 g/mol. The predicted octanol–water partition coefficient (Wildman–Crippen LogP) is 3.96. The van der Waals surface area contributed by atoms with Crippen molar-refractivity contribution in [2.24, 2.45) is 5.73 Å². The SMILES string of the molecule is N#C/C(=C\c1ccc(OCc2ccc(Cl)c(Cl)c2)cc1)C(N)=O. The molecule has 0 aliphatic heterocycles. The summed E-state index contributed by atoms with van der Waals surface area (Å²) in [6, 6.07) is 14.0. The maximum absolute atomic E-state index is 11.0. The molecule has 0 fully saturated rings. The van der Waals surface area contributed by atoms with Gasteiger partial charge < -0.3 is 10.5 Å². The Balaban J connectivity index is 2.04. The van der Waals surface area contributed by atoms with Gasteiger partial charge in [0.15, 0.2) is 0 Å². The summed E-state index contributed by atoms with van der Waals surface area (Å²) in [5.41, 5.74) is 6.56. The van der Waals surface area contributed by atoms with Gasteiger partial charge in [-0.05, 0) is 41.5 Å². The molecule has 6 heteroatoms. The van der Waals surface area contributed by atoms with Crippen molar-refractivity contribution >= 4 is 35.2 Å². The van der Waals surface area contributed by atoms with Gasteiger partial charge in [-0.2, -0.15) is 5.26 Å². The molecule has 0 atom stereocenters. The van der Waals surface area contributed by atoms with E-state index in [0.29, 0.717) is 28.0 Å². The van der Waals surface area contributed by atoms with E-state index < -0.39 is 5.91 Å². The largest absolute Gasteiger partial charge is 0.489 e. The lowest BCUT2D eigenvalue weighted by Crippen LogP contribution is -2.12. The van der Waals surface area contributed by atoms with Crippen molar-refractivity contribution in [3.63, 3.8) is 0 Å². The molecule has 2 N–H and O–H groups in total. The minimum atomic E-state index is -0.757. The fraction of sp³-hybridized carbons (Fsp3) is 0.0588. The van der Waals surface area contributed by atoms with E-state index >= 15 is 0 Å². The molecule has 0 unspecified atom stereocenters. The van der Waals surface area contributed by atoms with Crippen LogP contribution >= 0.6 is 23.2 Å². The number of rotatable bonds is 5. The first-order chi connectivity index (χ1) is 11.0. The van der Waals surface area contributed by atoms with Gasteiger partial charge in [0, 0.05) is 0 Å². The summed E-state index contributed by atoms with van der Waals surface area (Å²) >= 11 is 11.8. The van der Waals surface area contributed by atoms with Crippen LogP contribution in [0.25, 0.3) is 6.08 Å². The third kappa shape index (κ3) is 4.75. The van der Waals surface area contributed by atoms with Crippen LogP contribution in [0.4, 0.5) is 0 Å². The highest BCUT2D eigenvalue weighted by molar-refractivity contribution is 6.42. The molecule has 1 amide bonds. The van der Waals surface area contributed by atoms with Gasteiger partial charge in [0.25, 0.3) is 5.91 Å².